The number of rotatable bonds is 1. The molecule has 2 aliphatic heterocycles. The summed E-state index contributed by atoms with van der Waals surface area (Å²) in [5.74, 6) is 1.18. The average Bonchev–Trinajstić information content (AvgIpc) is 2.84. The third-order valence-electron chi connectivity index (χ3n) is 3.21. The number of carbonyl (C=O) groups is 1. The number of alkyl halides is 1. The molecule has 0 radical (unpaired) electrons. The summed E-state index contributed by atoms with van der Waals surface area (Å²) in [5.41, 5.74) is 0.568. The lowest BCUT2D eigenvalue weighted by Gasteiger charge is -2.23. The van der Waals surface area contributed by atoms with Gasteiger partial charge < -0.3 is 14.4 Å². The van der Waals surface area contributed by atoms with Crippen LogP contribution in [-0.4, -0.2) is 42.5 Å². The van der Waals surface area contributed by atoms with Gasteiger partial charge in [-0.2, -0.15) is 0 Å². The normalized spacial score (nSPS) is 22.1. The molecule has 2 heterocycles. The molecule has 1 saturated heterocycles. The highest BCUT2D eigenvalue weighted by Crippen LogP contribution is 2.34. The molecule has 18 heavy (non-hydrogen) atoms. The highest BCUT2D eigenvalue weighted by Gasteiger charge is 2.29. The summed E-state index contributed by atoms with van der Waals surface area (Å²) in [7, 11) is 0. The molecule has 1 fully saturated rings. The van der Waals surface area contributed by atoms with E-state index in [-0.39, 0.29) is 11.3 Å². The standard InChI is InChI=1S/C13H14ClNO3/c14-9-4-5-15(8-9)13(16)10-2-1-3-11-12(10)18-7-6-17-11/h1-3,9H,4-8H2. The van der Waals surface area contributed by atoms with Gasteiger partial charge in [-0.15, -0.1) is 11.6 Å². The molecule has 2 aliphatic rings. The Hall–Kier alpha value is -1.42. The van der Waals surface area contributed by atoms with E-state index in [0.29, 0.717) is 43.4 Å². The van der Waals surface area contributed by atoms with Gasteiger partial charge in [-0.1, -0.05) is 6.07 Å². The van der Waals surface area contributed by atoms with E-state index >= 15 is 0 Å². The van der Waals surface area contributed by atoms with Crippen LogP contribution in [0.15, 0.2) is 18.2 Å². The number of halogens is 1. The van der Waals surface area contributed by atoms with Gasteiger partial charge in [-0.05, 0) is 18.6 Å². The molecule has 5 heteroatoms. The molecule has 0 bridgehead atoms. The van der Waals surface area contributed by atoms with Crippen molar-refractivity contribution >= 4 is 17.5 Å². The molecule has 1 amide bonds. The largest absolute Gasteiger partial charge is 0.486 e. The predicted octanol–water partition coefficient (Wildman–Crippen LogP) is 1.91. The number of para-hydroxylation sites is 1. The summed E-state index contributed by atoms with van der Waals surface area (Å²) < 4.78 is 11.0. The van der Waals surface area contributed by atoms with Crippen molar-refractivity contribution < 1.29 is 14.3 Å². The first-order valence-electron chi connectivity index (χ1n) is 6.07. The lowest BCUT2D eigenvalue weighted by atomic mass is 10.1. The quantitative estimate of drug-likeness (QED) is 0.730. The summed E-state index contributed by atoms with van der Waals surface area (Å²) in [6, 6.07) is 5.41. The number of nitrogens with zero attached hydrogens (tertiary/aromatic N) is 1. The minimum Gasteiger partial charge on any atom is -0.486 e. The molecular formula is C13H14ClNO3. The molecule has 1 unspecified atom stereocenters. The number of hydrogen-bond acceptors (Lipinski definition) is 3. The van der Waals surface area contributed by atoms with Crippen molar-refractivity contribution in [3.05, 3.63) is 23.8 Å². The van der Waals surface area contributed by atoms with Gasteiger partial charge >= 0.3 is 0 Å². The lowest BCUT2D eigenvalue weighted by Crippen LogP contribution is -2.30. The summed E-state index contributed by atoms with van der Waals surface area (Å²) in [4.78, 5) is 14.2. The van der Waals surface area contributed by atoms with Gasteiger partial charge in [0.1, 0.15) is 13.2 Å². The van der Waals surface area contributed by atoms with Crippen molar-refractivity contribution in [1.29, 1.82) is 0 Å². The molecule has 0 spiro atoms. The van der Waals surface area contributed by atoms with Crippen molar-refractivity contribution in [2.24, 2.45) is 0 Å². The highest BCUT2D eigenvalue weighted by atomic mass is 35.5. The zero-order chi connectivity index (χ0) is 12.5. The lowest BCUT2D eigenvalue weighted by molar-refractivity contribution is 0.0782. The van der Waals surface area contributed by atoms with Crippen molar-refractivity contribution in [1.82, 2.24) is 4.90 Å². The third kappa shape index (κ3) is 2.01. The van der Waals surface area contributed by atoms with Gasteiger partial charge in [0.2, 0.25) is 0 Å². The first-order chi connectivity index (χ1) is 8.75. The number of benzene rings is 1. The van der Waals surface area contributed by atoms with E-state index in [9.17, 15) is 4.79 Å². The second-order valence-corrected chi connectivity index (χ2v) is 5.08. The maximum absolute atomic E-state index is 12.4. The molecule has 3 rings (SSSR count). The van der Waals surface area contributed by atoms with Gasteiger partial charge in [-0.3, -0.25) is 4.79 Å². The fourth-order valence-electron chi connectivity index (χ4n) is 2.31. The maximum Gasteiger partial charge on any atom is 0.257 e. The molecule has 1 aromatic rings. The number of fused-ring (bicyclic) bond motifs is 1. The van der Waals surface area contributed by atoms with Crippen molar-refractivity contribution in [3.8, 4) is 11.5 Å². The summed E-state index contributed by atoms with van der Waals surface area (Å²) in [5, 5.41) is 0.0608. The fourth-order valence-corrected chi connectivity index (χ4v) is 2.58. The topological polar surface area (TPSA) is 38.8 Å². The molecule has 4 nitrogen and oxygen atoms in total. The van der Waals surface area contributed by atoms with Crippen LogP contribution in [-0.2, 0) is 0 Å². The SMILES string of the molecule is O=C(c1cccc2c1OCCO2)N1CCC(Cl)C1. The molecule has 0 saturated carbocycles. The minimum absolute atomic E-state index is 0.0273. The summed E-state index contributed by atoms with van der Waals surface area (Å²) >= 11 is 6.03. The van der Waals surface area contributed by atoms with Crippen LogP contribution < -0.4 is 9.47 Å². The van der Waals surface area contributed by atoms with E-state index in [0.717, 1.165) is 6.42 Å². The Kier molecular flexibility index (Phi) is 3.04. The number of hydrogen-bond donors (Lipinski definition) is 0. The third-order valence-corrected chi connectivity index (χ3v) is 3.57. The smallest absolute Gasteiger partial charge is 0.257 e. The van der Waals surface area contributed by atoms with E-state index in [1.165, 1.54) is 0 Å². The number of ether oxygens (including phenoxy) is 2. The molecule has 0 aromatic heterocycles. The number of likely N-dealkylation sites (tertiary alicyclic amines) is 1. The van der Waals surface area contributed by atoms with Crippen LogP contribution in [0.5, 0.6) is 11.5 Å². The Balaban J connectivity index is 1.90. The Bertz CT molecular complexity index is 477. The van der Waals surface area contributed by atoms with E-state index in [2.05, 4.69) is 0 Å². The summed E-state index contributed by atoms with van der Waals surface area (Å²) in [6.45, 7) is 2.32. The van der Waals surface area contributed by atoms with Crippen LogP contribution in [0.3, 0.4) is 0 Å². The van der Waals surface area contributed by atoms with Gasteiger partial charge in [0.25, 0.3) is 5.91 Å². The molecule has 0 aliphatic carbocycles. The molecular weight excluding hydrogens is 254 g/mol. The Morgan fingerprint density at radius 1 is 1.33 bits per heavy atom. The fraction of sp³-hybridized carbons (Fsp3) is 0.462. The van der Waals surface area contributed by atoms with Crippen LogP contribution in [0, 0.1) is 0 Å². The van der Waals surface area contributed by atoms with E-state index in [1.807, 2.05) is 12.1 Å². The highest BCUT2D eigenvalue weighted by molar-refractivity contribution is 6.21. The molecule has 96 valence electrons. The van der Waals surface area contributed by atoms with Crippen molar-refractivity contribution in [2.75, 3.05) is 26.3 Å². The zero-order valence-electron chi connectivity index (χ0n) is 9.89. The molecule has 0 N–H and O–H groups in total. The first-order valence-corrected chi connectivity index (χ1v) is 6.51. The van der Waals surface area contributed by atoms with Crippen molar-refractivity contribution in [2.45, 2.75) is 11.8 Å². The average molecular weight is 268 g/mol. The Morgan fingerprint density at radius 2 is 2.17 bits per heavy atom. The van der Waals surface area contributed by atoms with Gasteiger partial charge in [0, 0.05) is 13.1 Å². The van der Waals surface area contributed by atoms with Crippen molar-refractivity contribution in [3.63, 3.8) is 0 Å². The second kappa shape index (κ2) is 4.69. The monoisotopic (exact) mass is 267 g/mol. The Labute approximate surface area is 110 Å². The van der Waals surface area contributed by atoms with Crippen LogP contribution in [0.4, 0.5) is 0 Å². The van der Waals surface area contributed by atoms with Gasteiger partial charge in [-0.25, -0.2) is 0 Å². The van der Waals surface area contributed by atoms with Gasteiger partial charge in [0.05, 0.1) is 10.9 Å². The zero-order valence-corrected chi connectivity index (χ0v) is 10.7. The molecule has 1 aromatic carbocycles. The van der Waals surface area contributed by atoms with E-state index in [4.69, 9.17) is 21.1 Å². The minimum atomic E-state index is -0.0273. The van der Waals surface area contributed by atoms with Crippen LogP contribution in [0.1, 0.15) is 16.8 Å². The number of amides is 1. The van der Waals surface area contributed by atoms with Crippen LogP contribution in [0.2, 0.25) is 0 Å². The predicted molar refractivity (Wildman–Crippen MR) is 67.6 cm³/mol. The molecule has 1 atom stereocenters. The van der Waals surface area contributed by atoms with E-state index < -0.39 is 0 Å². The Morgan fingerprint density at radius 3 is 2.94 bits per heavy atom. The van der Waals surface area contributed by atoms with Crippen LogP contribution in [0.25, 0.3) is 0 Å². The number of carbonyl (C=O) groups excluding carboxylic acids is 1. The van der Waals surface area contributed by atoms with Gasteiger partial charge in [0.15, 0.2) is 11.5 Å². The summed E-state index contributed by atoms with van der Waals surface area (Å²) in [6.07, 6.45) is 0.847. The van der Waals surface area contributed by atoms with E-state index in [1.54, 1.807) is 11.0 Å². The first kappa shape index (κ1) is 11.7. The maximum atomic E-state index is 12.4. The van der Waals surface area contributed by atoms with Crippen LogP contribution >= 0.6 is 11.6 Å². The second-order valence-electron chi connectivity index (χ2n) is 4.47.